The standard InChI is InChI=1S/C19H20N2O4/c1-3-15(12-4-7-14(24-2)8-5-12)21-19(23)13-6-9-16-17(10-13)25-11-18(22)20-16/h4-10,15H,3,11H2,1-2H3,(H,20,22)(H,21,23). The quantitative estimate of drug-likeness (QED) is 0.877. The van der Waals surface area contributed by atoms with Gasteiger partial charge in [0.05, 0.1) is 18.8 Å². The zero-order valence-electron chi connectivity index (χ0n) is 14.2. The number of anilines is 1. The van der Waals surface area contributed by atoms with Gasteiger partial charge in [0.15, 0.2) is 6.61 Å². The van der Waals surface area contributed by atoms with E-state index in [1.807, 2.05) is 31.2 Å². The number of amides is 2. The number of nitrogens with one attached hydrogen (secondary N) is 2. The molecule has 0 fully saturated rings. The van der Waals surface area contributed by atoms with Gasteiger partial charge >= 0.3 is 0 Å². The van der Waals surface area contributed by atoms with Crippen molar-refractivity contribution < 1.29 is 19.1 Å². The van der Waals surface area contributed by atoms with Gasteiger partial charge in [-0.05, 0) is 42.3 Å². The molecule has 1 atom stereocenters. The highest BCUT2D eigenvalue weighted by molar-refractivity contribution is 5.99. The fourth-order valence-corrected chi connectivity index (χ4v) is 2.71. The van der Waals surface area contributed by atoms with Crippen molar-refractivity contribution >= 4 is 17.5 Å². The lowest BCUT2D eigenvalue weighted by Gasteiger charge is -2.20. The Morgan fingerprint density at radius 1 is 1.28 bits per heavy atom. The van der Waals surface area contributed by atoms with Crippen LogP contribution in [0, 0.1) is 0 Å². The van der Waals surface area contributed by atoms with Crippen LogP contribution < -0.4 is 20.1 Å². The van der Waals surface area contributed by atoms with Gasteiger partial charge in [0.1, 0.15) is 11.5 Å². The molecule has 3 rings (SSSR count). The molecule has 0 spiro atoms. The van der Waals surface area contributed by atoms with Crippen molar-refractivity contribution in [2.75, 3.05) is 19.0 Å². The van der Waals surface area contributed by atoms with Gasteiger partial charge in [0, 0.05) is 5.56 Å². The maximum Gasteiger partial charge on any atom is 0.262 e. The van der Waals surface area contributed by atoms with Crippen molar-refractivity contribution in [1.29, 1.82) is 0 Å². The molecule has 2 aromatic rings. The highest BCUT2D eigenvalue weighted by atomic mass is 16.5. The van der Waals surface area contributed by atoms with E-state index < -0.39 is 0 Å². The van der Waals surface area contributed by atoms with Crippen LogP contribution in [-0.2, 0) is 4.79 Å². The Balaban J connectivity index is 1.74. The number of methoxy groups -OCH3 is 1. The zero-order chi connectivity index (χ0) is 17.8. The van der Waals surface area contributed by atoms with Gasteiger partial charge in [0.2, 0.25) is 0 Å². The van der Waals surface area contributed by atoms with Gasteiger partial charge in [-0.15, -0.1) is 0 Å². The largest absolute Gasteiger partial charge is 0.497 e. The number of carbonyl (C=O) groups excluding carboxylic acids is 2. The molecule has 0 saturated carbocycles. The van der Waals surface area contributed by atoms with Crippen LogP contribution in [0.5, 0.6) is 11.5 Å². The van der Waals surface area contributed by atoms with Crippen molar-refractivity contribution in [1.82, 2.24) is 5.32 Å². The summed E-state index contributed by atoms with van der Waals surface area (Å²) in [7, 11) is 1.62. The summed E-state index contributed by atoms with van der Waals surface area (Å²) in [5.74, 6) is 0.893. The number of ether oxygens (including phenoxy) is 2. The van der Waals surface area contributed by atoms with Crippen molar-refractivity contribution in [3.8, 4) is 11.5 Å². The van der Waals surface area contributed by atoms with E-state index in [4.69, 9.17) is 9.47 Å². The van der Waals surface area contributed by atoms with E-state index in [9.17, 15) is 9.59 Å². The number of rotatable bonds is 5. The average Bonchev–Trinajstić information content (AvgIpc) is 2.65. The van der Waals surface area contributed by atoms with Crippen LogP contribution >= 0.6 is 0 Å². The molecule has 0 bridgehead atoms. The second-order valence-corrected chi connectivity index (χ2v) is 5.76. The van der Waals surface area contributed by atoms with Crippen molar-refractivity contribution in [3.05, 3.63) is 53.6 Å². The fourth-order valence-electron chi connectivity index (χ4n) is 2.71. The summed E-state index contributed by atoms with van der Waals surface area (Å²) in [5.41, 5.74) is 2.08. The van der Waals surface area contributed by atoms with Crippen molar-refractivity contribution in [2.45, 2.75) is 19.4 Å². The topological polar surface area (TPSA) is 76.7 Å². The molecule has 1 heterocycles. The summed E-state index contributed by atoms with van der Waals surface area (Å²) in [4.78, 5) is 23.9. The molecule has 25 heavy (non-hydrogen) atoms. The summed E-state index contributed by atoms with van der Waals surface area (Å²) < 4.78 is 10.5. The summed E-state index contributed by atoms with van der Waals surface area (Å²) in [6, 6.07) is 12.5. The molecule has 0 aliphatic carbocycles. The van der Waals surface area contributed by atoms with Gasteiger partial charge in [-0.25, -0.2) is 0 Å². The maximum atomic E-state index is 12.6. The number of fused-ring (bicyclic) bond motifs is 1. The van der Waals surface area contributed by atoms with Crippen LogP contribution in [0.15, 0.2) is 42.5 Å². The van der Waals surface area contributed by atoms with Crippen LogP contribution in [0.1, 0.15) is 35.3 Å². The van der Waals surface area contributed by atoms with Gasteiger partial charge in [-0.2, -0.15) is 0 Å². The fraction of sp³-hybridized carbons (Fsp3) is 0.263. The molecule has 6 nitrogen and oxygen atoms in total. The zero-order valence-corrected chi connectivity index (χ0v) is 14.2. The molecule has 0 aromatic heterocycles. The normalized spacial score (nSPS) is 13.9. The van der Waals surface area contributed by atoms with Gasteiger partial charge < -0.3 is 20.1 Å². The molecule has 2 N–H and O–H groups in total. The van der Waals surface area contributed by atoms with E-state index in [-0.39, 0.29) is 24.5 Å². The first-order chi connectivity index (χ1) is 12.1. The second-order valence-electron chi connectivity index (χ2n) is 5.76. The smallest absolute Gasteiger partial charge is 0.262 e. The van der Waals surface area contributed by atoms with Gasteiger partial charge in [-0.1, -0.05) is 19.1 Å². The van der Waals surface area contributed by atoms with Crippen LogP contribution in [0.25, 0.3) is 0 Å². The lowest BCUT2D eigenvalue weighted by atomic mass is 10.0. The summed E-state index contributed by atoms with van der Waals surface area (Å²) in [6.07, 6.45) is 0.759. The van der Waals surface area contributed by atoms with Crippen LogP contribution in [-0.4, -0.2) is 25.5 Å². The van der Waals surface area contributed by atoms with Crippen molar-refractivity contribution in [3.63, 3.8) is 0 Å². The first-order valence-electron chi connectivity index (χ1n) is 8.12. The summed E-state index contributed by atoms with van der Waals surface area (Å²) >= 11 is 0. The molecule has 2 amide bonds. The van der Waals surface area contributed by atoms with E-state index in [0.29, 0.717) is 17.0 Å². The molecule has 1 aliphatic rings. The minimum Gasteiger partial charge on any atom is -0.497 e. The van der Waals surface area contributed by atoms with Crippen LogP contribution in [0.2, 0.25) is 0 Å². The third-order valence-corrected chi connectivity index (χ3v) is 4.11. The molecule has 1 aliphatic heterocycles. The van der Waals surface area contributed by atoms with E-state index in [1.54, 1.807) is 25.3 Å². The minimum absolute atomic E-state index is 0.0402. The molecule has 2 aromatic carbocycles. The Morgan fingerprint density at radius 3 is 2.72 bits per heavy atom. The predicted molar refractivity (Wildman–Crippen MR) is 94.1 cm³/mol. The lowest BCUT2D eigenvalue weighted by molar-refractivity contribution is -0.118. The molecule has 6 heteroatoms. The van der Waals surface area contributed by atoms with Gasteiger partial charge in [0.25, 0.3) is 11.8 Å². The average molecular weight is 340 g/mol. The van der Waals surface area contributed by atoms with E-state index in [1.165, 1.54) is 0 Å². The summed E-state index contributed by atoms with van der Waals surface area (Å²) in [5, 5.41) is 5.74. The SMILES string of the molecule is CCC(NC(=O)c1ccc2c(c1)OCC(=O)N2)c1ccc(OC)cc1. The first kappa shape index (κ1) is 16.8. The van der Waals surface area contributed by atoms with E-state index in [0.717, 1.165) is 17.7 Å². The second kappa shape index (κ2) is 7.25. The molecule has 0 radical (unpaired) electrons. The number of carbonyl (C=O) groups is 2. The van der Waals surface area contributed by atoms with Crippen LogP contribution in [0.3, 0.4) is 0 Å². The minimum atomic E-state index is -0.199. The molecular weight excluding hydrogens is 320 g/mol. The third kappa shape index (κ3) is 3.74. The Kier molecular flexibility index (Phi) is 4.88. The van der Waals surface area contributed by atoms with Crippen LogP contribution in [0.4, 0.5) is 5.69 Å². The Hall–Kier alpha value is -3.02. The predicted octanol–water partition coefficient (Wildman–Crippen LogP) is 2.91. The third-order valence-electron chi connectivity index (χ3n) is 4.11. The molecule has 0 saturated heterocycles. The molecule has 130 valence electrons. The molecule has 1 unspecified atom stereocenters. The van der Waals surface area contributed by atoms with E-state index >= 15 is 0 Å². The Bertz CT molecular complexity index is 787. The van der Waals surface area contributed by atoms with Gasteiger partial charge in [-0.3, -0.25) is 9.59 Å². The monoisotopic (exact) mass is 340 g/mol. The highest BCUT2D eigenvalue weighted by Gasteiger charge is 2.19. The Labute approximate surface area is 146 Å². The molecular formula is C19H20N2O4. The van der Waals surface area contributed by atoms with Crippen molar-refractivity contribution in [2.24, 2.45) is 0 Å². The number of hydrogen-bond donors (Lipinski definition) is 2. The van der Waals surface area contributed by atoms with E-state index in [2.05, 4.69) is 10.6 Å². The first-order valence-corrected chi connectivity index (χ1v) is 8.12. The number of benzene rings is 2. The maximum absolute atomic E-state index is 12.6. The number of hydrogen-bond acceptors (Lipinski definition) is 4. The summed E-state index contributed by atoms with van der Waals surface area (Å²) in [6.45, 7) is 1.97. The lowest BCUT2D eigenvalue weighted by Crippen LogP contribution is -2.29. The highest BCUT2D eigenvalue weighted by Crippen LogP contribution is 2.29. The Morgan fingerprint density at radius 2 is 2.04 bits per heavy atom.